The summed E-state index contributed by atoms with van der Waals surface area (Å²) in [6, 6.07) is 5.60. The molecule has 6 heteroatoms. The minimum atomic E-state index is -4.23. The zero-order valence-electron chi connectivity index (χ0n) is 11.1. The van der Waals surface area contributed by atoms with Crippen LogP contribution in [0.25, 0.3) is 0 Å². The third-order valence-corrected chi connectivity index (χ3v) is 3.67. The summed E-state index contributed by atoms with van der Waals surface area (Å²) in [7, 11) is -4.23. The van der Waals surface area contributed by atoms with Crippen LogP contribution in [0.2, 0.25) is 0 Å². The maximum atomic E-state index is 10.9. The first-order valence-electron chi connectivity index (χ1n) is 6.19. The van der Waals surface area contributed by atoms with Crippen LogP contribution in [0.4, 0.5) is 0 Å². The summed E-state index contributed by atoms with van der Waals surface area (Å²) in [5.41, 5.74) is 0.650. The maximum Gasteiger partial charge on any atom is 0.294 e. The highest BCUT2D eigenvalue weighted by molar-refractivity contribution is 7.90. The largest absolute Gasteiger partial charge is 0.508 e. The number of hydrogen-bond donors (Lipinski definition) is 3. The van der Waals surface area contributed by atoms with E-state index in [1.807, 2.05) is 0 Å². The van der Waals surface area contributed by atoms with E-state index in [0.29, 0.717) is 5.56 Å². The molecule has 0 fully saturated rings. The fraction of sp³-hybridized carbons (Fsp3) is 0.231. The van der Waals surface area contributed by atoms with Gasteiger partial charge in [-0.3, -0.25) is 4.55 Å². The molecule has 19 heavy (non-hydrogen) atoms. The minimum Gasteiger partial charge on any atom is -0.508 e. The lowest BCUT2D eigenvalue weighted by Gasteiger charge is -2.17. The number of hydrogen-bond acceptors (Lipinski definition) is 4. The average Bonchev–Trinajstić information content (AvgIpc) is 2.37. The highest BCUT2D eigenvalue weighted by Crippen LogP contribution is 2.18. The van der Waals surface area contributed by atoms with E-state index < -0.39 is 16.1 Å². The molecule has 0 amide bonds. The van der Waals surface area contributed by atoms with Gasteiger partial charge < -0.3 is 10.4 Å². The predicted octanol–water partition coefficient (Wildman–Crippen LogP) is 1.58. The normalized spacial score (nSPS) is 23.8. The highest BCUT2D eigenvalue weighted by Gasteiger charge is 2.16. The molecule has 102 valence electrons. The van der Waals surface area contributed by atoms with Gasteiger partial charge in [-0.25, -0.2) is 0 Å². The molecule has 0 aromatic heterocycles. The first kappa shape index (κ1) is 12.4. The van der Waals surface area contributed by atoms with Crippen molar-refractivity contribution in [2.75, 3.05) is 0 Å². The van der Waals surface area contributed by atoms with Crippen LogP contribution >= 0.6 is 0 Å². The molecule has 0 aliphatic heterocycles. The van der Waals surface area contributed by atoms with Crippen molar-refractivity contribution in [1.82, 2.24) is 5.32 Å². The predicted molar refractivity (Wildman–Crippen MR) is 72.1 cm³/mol. The Morgan fingerprint density at radius 1 is 1.42 bits per heavy atom. The number of para-hydroxylation sites is 1. The molecule has 1 aromatic carbocycles. The number of nitrogens with one attached hydrogen (secondary N) is 1. The van der Waals surface area contributed by atoms with Gasteiger partial charge in [-0.2, -0.15) is 8.42 Å². The smallest absolute Gasteiger partial charge is 0.294 e. The monoisotopic (exact) mass is 282 g/mol. The van der Waals surface area contributed by atoms with Crippen molar-refractivity contribution in [3.05, 3.63) is 53.0 Å². The molecule has 5 nitrogen and oxygen atoms in total. The van der Waals surface area contributed by atoms with E-state index >= 15 is 0 Å². The van der Waals surface area contributed by atoms with Crippen LogP contribution in [0.5, 0.6) is 5.75 Å². The van der Waals surface area contributed by atoms with Gasteiger partial charge in [0.15, 0.2) is 0 Å². The molecule has 0 saturated carbocycles. The zero-order chi connectivity index (χ0) is 14.8. The summed E-state index contributed by atoms with van der Waals surface area (Å²) in [6.07, 6.45) is 3.96. The SMILES string of the molecule is [2H]C1(NCc2ccccc2O)C=CC(S(=O)(=O)O)=CC1. The molecule has 1 aliphatic carbocycles. The Morgan fingerprint density at radius 3 is 2.74 bits per heavy atom. The fourth-order valence-corrected chi connectivity index (χ4v) is 2.25. The molecule has 0 spiro atoms. The van der Waals surface area contributed by atoms with Gasteiger partial charge in [-0.05, 0) is 18.6 Å². The van der Waals surface area contributed by atoms with Crippen molar-refractivity contribution >= 4 is 10.1 Å². The Labute approximate surface area is 113 Å². The van der Waals surface area contributed by atoms with Crippen molar-refractivity contribution in [2.24, 2.45) is 0 Å². The number of allylic oxidation sites excluding steroid dienone is 1. The summed E-state index contributed by atoms with van der Waals surface area (Å²) in [5.74, 6) is 0.137. The van der Waals surface area contributed by atoms with Crippen LogP contribution in [-0.4, -0.2) is 24.1 Å². The Balaban J connectivity index is 2.04. The number of phenolic OH excluding ortho intramolecular Hbond substituents is 1. The van der Waals surface area contributed by atoms with Crippen LogP contribution < -0.4 is 5.32 Å². The van der Waals surface area contributed by atoms with Gasteiger partial charge in [0.1, 0.15) is 5.75 Å². The van der Waals surface area contributed by atoms with Gasteiger partial charge in [0.25, 0.3) is 10.1 Å². The van der Waals surface area contributed by atoms with Gasteiger partial charge in [-0.1, -0.05) is 30.4 Å². The molecule has 3 N–H and O–H groups in total. The van der Waals surface area contributed by atoms with E-state index in [0.717, 1.165) is 0 Å². The van der Waals surface area contributed by atoms with Crippen molar-refractivity contribution < 1.29 is 19.4 Å². The van der Waals surface area contributed by atoms with Crippen LogP contribution in [0.15, 0.2) is 47.4 Å². The number of phenols is 1. The molecular formula is C13H15NO4S. The van der Waals surface area contributed by atoms with Gasteiger partial charge in [0.2, 0.25) is 0 Å². The Hall–Kier alpha value is -1.63. The van der Waals surface area contributed by atoms with Gasteiger partial charge in [0, 0.05) is 18.1 Å². The molecule has 0 saturated heterocycles. The Morgan fingerprint density at radius 2 is 2.16 bits per heavy atom. The molecule has 1 unspecified atom stereocenters. The quantitative estimate of drug-likeness (QED) is 0.730. The topological polar surface area (TPSA) is 86.6 Å². The van der Waals surface area contributed by atoms with Crippen molar-refractivity contribution in [3.8, 4) is 5.75 Å². The lowest BCUT2D eigenvalue weighted by molar-refractivity contribution is 0.461. The van der Waals surface area contributed by atoms with E-state index in [1.165, 1.54) is 18.2 Å². The number of aromatic hydroxyl groups is 1. The van der Waals surface area contributed by atoms with Gasteiger partial charge >= 0.3 is 0 Å². The average molecular weight is 282 g/mol. The first-order valence-corrected chi connectivity index (χ1v) is 7.13. The lowest BCUT2D eigenvalue weighted by Crippen LogP contribution is -2.27. The lowest BCUT2D eigenvalue weighted by atomic mass is 10.1. The zero-order valence-corrected chi connectivity index (χ0v) is 10.9. The molecule has 0 bridgehead atoms. The van der Waals surface area contributed by atoms with Crippen LogP contribution in [0.1, 0.15) is 13.4 Å². The van der Waals surface area contributed by atoms with Crippen molar-refractivity contribution in [2.45, 2.75) is 19.0 Å². The summed E-state index contributed by atoms with van der Waals surface area (Å²) in [5, 5.41) is 12.6. The summed E-state index contributed by atoms with van der Waals surface area (Å²) >= 11 is 0. The molecule has 0 heterocycles. The van der Waals surface area contributed by atoms with Gasteiger partial charge in [0.05, 0.1) is 6.28 Å². The second kappa shape index (κ2) is 5.56. The molecule has 1 aliphatic rings. The molecule has 2 rings (SSSR count). The number of rotatable bonds is 4. The molecule has 1 atom stereocenters. The summed E-state index contributed by atoms with van der Waals surface area (Å²) < 4.78 is 38.9. The van der Waals surface area contributed by atoms with E-state index in [4.69, 9.17) is 5.92 Å². The van der Waals surface area contributed by atoms with Crippen LogP contribution in [0.3, 0.4) is 0 Å². The standard InChI is InChI=1S/C13H15NO4S/c15-13-4-2-1-3-10(13)9-14-11-5-7-12(8-6-11)19(16,17)18/h1-5,7-8,11,14-15H,6,9H2,(H,16,17,18)/i11D. The second-order valence-electron chi connectivity index (χ2n) is 4.13. The van der Waals surface area contributed by atoms with Crippen molar-refractivity contribution in [3.63, 3.8) is 0 Å². The van der Waals surface area contributed by atoms with Crippen molar-refractivity contribution in [1.29, 1.82) is 0 Å². The first-order chi connectivity index (χ1) is 9.30. The van der Waals surface area contributed by atoms with E-state index in [-0.39, 0.29) is 23.6 Å². The minimum absolute atomic E-state index is 0.103. The summed E-state index contributed by atoms with van der Waals surface area (Å²) in [6.45, 7) is 0.273. The maximum absolute atomic E-state index is 10.9. The third kappa shape index (κ3) is 3.66. The third-order valence-electron chi connectivity index (χ3n) is 2.77. The molecule has 1 aromatic rings. The van der Waals surface area contributed by atoms with E-state index in [9.17, 15) is 13.5 Å². The summed E-state index contributed by atoms with van der Waals surface area (Å²) in [4.78, 5) is -0.204. The molecular weight excluding hydrogens is 266 g/mol. The number of benzene rings is 1. The van der Waals surface area contributed by atoms with Crippen LogP contribution in [0, 0.1) is 0 Å². The fourth-order valence-electron chi connectivity index (χ4n) is 1.72. The molecule has 0 radical (unpaired) electrons. The van der Waals surface area contributed by atoms with Crippen LogP contribution in [-0.2, 0) is 16.7 Å². The van der Waals surface area contributed by atoms with Gasteiger partial charge in [-0.15, -0.1) is 0 Å². The van der Waals surface area contributed by atoms with E-state index in [1.54, 1.807) is 24.3 Å². The van der Waals surface area contributed by atoms with E-state index in [2.05, 4.69) is 5.32 Å². The Kier molecular flexibility index (Phi) is 3.63. The highest BCUT2D eigenvalue weighted by atomic mass is 32.2. The second-order valence-corrected chi connectivity index (χ2v) is 5.55. The Bertz CT molecular complexity index is 669.